The molecule has 0 amide bonds. The molecule has 0 saturated carbocycles. The quantitative estimate of drug-likeness (QED) is 0.563. The van der Waals surface area contributed by atoms with Gasteiger partial charge in [0.15, 0.2) is 17.5 Å². The average Bonchev–Trinajstić information content (AvgIpc) is 2.52. The minimum Gasteiger partial charge on any atom is -0.507 e. The first-order valence-electron chi connectivity index (χ1n) is 7.05. The second-order valence-electron chi connectivity index (χ2n) is 4.82. The number of aromatic nitrogens is 3. The number of aromatic hydroxyl groups is 1. The number of halogens is 6. The van der Waals surface area contributed by atoms with E-state index in [9.17, 15) is 5.11 Å². The van der Waals surface area contributed by atoms with Crippen LogP contribution in [0.3, 0.4) is 0 Å². The van der Waals surface area contributed by atoms with E-state index in [-0.39, 0.29) is 23.2 Å². The summed E-state index contributed by atoms with van der Waals surface area (Å²) in [5.74, 6) is 0.225. The van der Waals surface area contributed by atoms with Gasteiger partial charge in [-0.15, -0.1) is 0 Å². The van der Waals surface area contributed by atoms with Crippen LogP contribution >= 0.6 is 69.6 Å². The van der Waals surface area contributed by atoms with Gasteiger partial charge in [-0.25, -0.2) is 15.0 Å². The Morgan fingerprint density at radius 1 is 0.962 bits per heavy atom. The molecule has 1 heterocycles. The molecule has 0 aliphatic carbocycles. The third-order valence-corrected chi connectivity index (χ3v) is 3.90. The van der Waals surface area contributed by atoms with Gasteiger partial charge in [-0.2, -0.15) is 0 Å². The summed E-state index contributed by atoms with van der Waals surface area (Å²) < 4.78 is 1.44. The lowest BCUT2D eigenvalue weighted by Gasteiger charge is -2.14. The molecule has 0 bridgehead atoms. The fourth-order valence-electron chi connectivity index (χ4n) is 1.81. The van der Waals surface area contributed by atoms with E-state index in [4.69, 9.17) is 74.3 Å². The second-order valence-corrected chi connectivity index (χ2v) is 9.39. The van der Waals surface area contributed by atoms with Crippen LogP contribution in [0.4, 0.5) is 0 Å². The van der Waals surface area contributed by atoms with Crippen molar-refractivity contribution in [2.45, 2.75) is 14.5 Å². The predicted molar refractivity (Wildman–Crippen MR) is 107 cm³/mol. The van der Waals surface area contributed by atoms with Crippen molar-refractivity contribution in [2.24, 2.45) is 0 Å². The Morgan fingerprint density at radius 2 is 1.54 bits per heavy atom. The van der Waals surface area contributed by atoms with Crippen molar-refractivity contribution in [2.75, 3.05) is 6.61 Å². The number of phenolic OH excluding ortho intramolecular Hbond substituents is 1. The van der Waals surface area contributed by atoms with Crippen LogP contribution < -0.4 is 4.74 Å². The highest BCUT2D eigenvalue weighted by atomic mass is 35.6. The average molecular weight is 478 g/mol. The molecule has 0 spiro atoms. The zero-order chi connectivity index (χ0) is 19.5. The zero-order valence-electron chi connectivity index (χ0n) is 13.1. The van der Waals surface area contributed by atoms with Crippen molar-refractivity contribution in [3.63, 3.8) is 0 Å². The van der Waals surface area contributed by atoms with E-state index in [2.05, 4.69) is 15.0 Å². The predicted octanol–water partition coefficient (Wildman–Crippen LogP) is 5.80. The molecule has 0 fully saturated rings. The number of ether oxygens (including phenoxy) is 1. The zero-order valence-corrected chi connectivity index (χ0v) is 17.6. The Kier molecular flexibility index (Phi) is 7.10. The summed E-state index contributed by atoms with van der Waals surface area (Å²) in [5, 5.41) is 10.1. The van der Waals surface area contributed by atoms with E-state index in [0.29, 0.717) is 17.9 Å². The molecule has 26 heavy (non-hydrogen) atoms. The maximum absolute atomic E-state index is 10.1. The molecule has 1 aromatic heterocycles. The molecule has 2 rings (SSSR count). The van der Waals surface area contributed by atoms with Crippen molar-refractivity contribution in [3.8, 4) is 11.5 Å². The SMILES string of the molecule is CCOc1ccc(C=Cc2nc(C(Cl)(Cl)Cl)nc(C(Cl)(Cl)Cl)n2)c(O)c1. The lowest BCUT2D eigenvalue weighted by Crippen LogP contribution is -2.16. The molecule has 140 valence electrons. The van der Waals surface area contributed by atoms with Gasteiger partial charge in [0.1, 0.15) is 11.5 Å². The van der Waals surface area contributed by atoms with Gasteiger partial charge in [-0.3, -0.25) is 0 Å². The van der Waals surface area contributed by atoms with Gasteiger partial charge in [0.05, 0.1) is 6.61 Å². The monoisotopic (exact) mass is 475 g/mol. The number of nitrogens with zero attached hydrogens (tertiary/aromatic N) is 3. The molecule has 11 heteroatoms. The molecular weight excluding hydrogens is 467 g/mol. The molecule has 1 aromatic carbocycles. The van der Waals surface area contributed by atoms with Crippen molar-refractivity contribution in [1.82, 2.24) is 15.0 Å². The number of alkyl halides is 6. The largest absolute Gasteiger partial charge is 0.507 e. The minimum atomic E-state index is -1.93. The lowest BCUT2D eigenvalue weighted by atomic mass is 10.1. The fraction of sp³-hybridized carbons (Fsp3) is 0.267. The summed E-state index contributed by atoms with van der Waals surface area (Å²) in [6, 6.07) is 4.84. The maximum atomic E-state index is 10.1. The summed E-state index contributed by atoms with van der Waals surface area (Å²) in [7, 11) is 0. The Balaban J connectivity index is 2.41. The summed E-state index contributed by atoms with van der Waals surface area (Å²) in [5.41, 5.74) is 0.486. The number of rotatable bonds is 4. The van der Waals surface area contributed by atoms with Crippen LogP contribution in [0.2, 0.25) is 0 Å². The number of hydrogen-bond acceptors (Lipinski definition) is 5. The standard InChI is InChI=1S/C15H11Cl6N3O2/c1-2-26-9-5-3-8(10(25)7-9)4-6-11-22-12(14(16,17)18)24-13(23-11)15(19,20)21/h3-7,25H,2H2,1H3. The van der Waals surface area contributed by atoms with Crippen LogP contribution in [-0.4, -0.2) is 26.7 Å². The molecule has 0 radical (unpaired) electrons. The maximum Gasteiger partial charge on any atom is 0.250 e. The van der Waals surface area contributed by atoms with E-state index in [1.165, 1.54) is 12.1 Å². The molecule has 2 aromatic rings. The summed E-state index contributed by atoms with van der Waals surface area (Å²) in [4.78, 5) is 11.9. The highest BCUT2D eigenvalue weighted by Crippen LogP contribution is 2.40. The number of hydrogen-bond donors (Lipinski definition) is 1. The summed E-state index contributed by atoms with van der Waals surface area (Å²) in [6.07, 6.45) is 3.00. The van der Waals surface area contributed by atoms with E-state index < -0.39 is 7.59 Å². The van der Waals surface area contributed by atoms with Gasteiger partial charge >= 0.3 is 0 Å². The molecular formula is C15H11Cl6N3O2. The molecule has 0 aliphatic heterocycles. The smallest absolute Gasteiger partial charge is 0.250 e. The molecule has 5 nitrogen and oxygen atoms in total. The van der Waals surface area contributed by atoms with Gasteiger partial charge in [0, 0.05) is 11.6 Å². The molecule has 0 atom stereocenters. The first-order valence-corrected chi connectivity index (χ1v) is 9.32. The number of benzene rings is 1. The highest BCUT2D eigenvalue weighted by Gasteiger charge is 2.33. The highest BCUT2D eigenvalue weighted by molar-refractivity contribution is 6.67. The van der Waals surface area contributed by atoms with Crippen LogP contribution in [0.15, 0.2) is 18.2 Å². The molecule has 1 N–H and O–H groups in total. The van der Waals surface area contributed by atoms with Crippen LogP contribution in [-0.2, 0) is 7.59 Å². The van der Waals surface area contributed by atoms with Crippen molar-refractivity contribution < 1.29 is 9.84 Å². The molecule has 0 unspecified atom stereocenters. The van der Waals surface area contributed by atoms with E-state index in [1.54, 1.807) is 18.2 Å². The van der Waals surface area contributed by atoms with E-state index >= 15 is 0 Å². The first kappa shape index (κ1) is 21.6. The molecule has 0 aliphatic rings. The minimum absolute atomic E-state index is 0.00413. The van der Waals surface area contributed by atoms with Crippen molar-refractivity contribution >= 4 is 81.8 Å². The van der Waals surface area contributed by atoms with E-state index in [1.807, 2.05) is 6.92 Å². The van der Waals surface area contributed by atoms with E-state index in [0.717, 1.165) is 0 Å². The fourth-order valence-corrected chi connectivity index (χ4v) is 2.31. The summed E-state index contributed by atoms with van der Waals surface area (Å²) in [6.45, 7) is 2.33. The third kappa shape index (κ3) is 5.91. The van der Waals surface area contributed by atoms with Crippen LogP contribution in [0, 0.1) is 0 Å². The van der Waals surface area contributed by atoms with Gasteiger partial charge < -0.3 is 9.84 Å². The Bertz CT molecular complexity index is 786. The lowest BCUT2D eigenvalue weighted by molar-refractivity contribution is 0.337. The third-order valence-electron chi connectivity index (χ3n) is 2.88. The number of phenols is 1. The van der Waals surface area contributed by atoms with Gasteiger partial charge in [0.2, 0.25) is 7.59 Å². The first-order chi connectivity index (χ1) is 12.0. The Morgan fingerprint density at radius 3 is 2.00 bits per heavy atom. The second kappa shape index (κ2) is 8.55. The Labute approximate surface area is 179 Å². The van der Waals surface area contributed by atoms with Gasteiger partial charge in [-0.05, 0) is 31.2 Å². The van der Waals surface area contributed by atoms with Crippen LogP contribution in [0.1, 0.15) is 30.0 Å². The van der Waals surface area contributed by atoms with Crippen LogP contribution in [0.25, 0.3) is 12.2 Å². The summed E-state index contributed by atoms with van der Waals surface area (Å²) >= 11 is 34.9. The topological polar surface area (TPSA) is 68.1 Å². The van der Waals surface area contributed by atoms with Crippen molar-refractivity contribution in [1.29, 1.82) is 0 Å². The molecule has 0 saturated heterocycles. The van der Waals surface area contributed by atoms with Crippen molar-refractivity contribution in [3.05, 3.63) is 41.2 Å². The van der Waals surface area contributed by atoms with Gasteiger partial charge in [-0.1, -0.05) is 69.6 Å². The van der Waals surface area contributed by atoms with Crippen LogP contribution in [0.5, 0.6) is 11.5 Å². The normalized spacial score (nSPS) is 12.6. The van der Waals surface area contributed by atoms with Gasteiger partial charge in [0.25, 0.3) is 0 Å². The Hall–Kier alpha value is -0.690.